The monoisotopic (exact) mass is 248 g/mol. The summed E-state index contributed by atoms with van der Waals surface area (Å²) < 4.78 is 0. The first-order valence-corrected chi connectivity index (χ1v) is 6.90. The Morgan fingerprint density at radius 2 is 2.22 bits per heavy atom. The third-order valence-corrected chi connectivity index (χ3v) is 3.88. The minimum atomic E-state index is 0.699. The standard InChI is InChI=1S/C14H24N4/c1-3-18(4-2)12-7-9-17(10-12)11-14-13(15)6-5-8-16-14/h5-6,8,12H,3-4,7,9-11,15H2,1-2H3. The molecule has 0 radical (unpaired) electrons. The predicted molar refractivity (Wildman–Crippen MR) is 75.3 cm³/mol. The van der Waals surface area contributed by atoms with Crippen molar-refractivity contribution < 1.29 is 0 Å². The number of nitrogens with two attached hydrogens (primary N) is 1. The van der Waals surface area contributed by atoms with E-state index >= 15 is 0 Å². The van der Waals surface area contributed by atoms with E-state index in [2.05, 4.69) is 28.6 Å². The van der Waals surface area contributed by atoms with Gasteiger partial charge in [0, 0.05) is 31.9 Å². The highest BCUT2D eigenvalue weighted by atomic mass is 15.2. The van der Waals surface area contributed by atoms with Gasteiger partial charge in [-0.3, -0.25) is 14.8 Å². The summed E-state index contributed by atoms with van der Waals surface area (Å²) in [6.45, 7) is 9.92. The quantitative estimate of drug-likeness (QED) is 0.859. The Hall–Kier alpha value is -1.13. The van der Waals surface area contributed by atoms with Crippen LogP contribution in [-0.2, 0) is 6.54 Å². The van der Waals surface area contributed by atoms with E-state index in [9.17, 15) is 0 Å². The van der Waals surface area contributed by atoms with Crippen LogP contribution in [0.2, 0.25) is 0 Å². The fraction of sp³-hybridized carbons (Fsp3) is 0.643. The Bertz CT molecular complexity index is 376. The number of pyridine rings is 1. The molecule has 1 aromatic rings. The number of rotatable bonds is 5. The van der Waals surface area contributed by atoms with Crippen LogP contribution in [0.25, 0.3) is 0 Å². The van der Waals surface area contributed by atoms with Gasteiger partial charge in [-0.25, -0.2) is 0 Å². The number of anilines is 1. The summed E-state index contributed by atoms with van der Waals surface area (Å²) >= 11 is 0. The fourth-order valence-electron chi connectivity index (χ4n) is 2.79. The molecule has 2 heterocycles. The van der Waals surface area contributed by atoms with Crippen molar-refractivity contribution in [2.24, 2.45) is 0 Å². The van der Waals surface area contributed by atoms with Crippen molar-refractivity contribution in [2.45, 2.75) is 32.9 Å². The number of nitrogens with zero attached hydrogens (tertiary/aromatic N) is 3. The van der Waals surface area contributed by atoms with Crippen LogP contribution in [0, 0.1) is 0 Å². The highest BCUT2D eigenvalue weighted by Crippen LogP contribution is 2.19. The summed E-state index contributed by atoms with van der Waals surface area (Å²) in [6.07, 6.45) is 3.08. The van der Waals surface area contributed by atoms with Gasteiger partial charge in [-0.15, -0.1) is 0 Å². The van der Waals surface area contributed by atoms with E-state index in [0.717, 1.165) is 44.1 Å². The third-order valence-electron chi connectivity index (χ3n) is 3.88. The van der Waals surface area contributed by atoms with Crippen molar-refractivity contribution >= 4 is 5.69 Å². The van der Waals surface area contributed by atoms with Crippen molar-refractivity contribution in [2.75, 3.05) is 31.9 Å². The Balaban J connectivity index is 1.92. The second-order valence-corrected chi connectivity index (χ2v) is 4.94. The van der Waals surface area contributed by atoms with Crippen LogP contribution in [0.4, 0.5) is 5.69 Å². The van der Waals surface area contributed by atoms with Gasteiger partial charge in [0.2, 0.25) is 0 Å². The fourth-order valence-corrected chi connectivity index (χ4v) is 2.79. The molecular weight excluding hydrogens is 224 g/mol. The maximum Gasteiger partial charge on any atom is 0.0772 e. The highest BCUT2D eigenvalue weighted by Gasteiger charge is 2.26. The van der Waals surface area contributed by atoms with Gasteiger partial charge >= 0.3 is 0 Å². The first kappa shape index (κ1) is 13.3. The molecule has 0 saturated carbocycles. The molecular formula is C14H24N4. The summed E-state index contributed by atoms with van der Waals surface area (Å²) in [7, 11) is 0. The second-order valence-electron chi connectivity index (χ2n) is 4.94. The molecule has 2 N–H and O–H groups in total. The van der Waals surface area contributed by atoms with Crippen molar-refractivity contribution in [3.63, 3.8) is 0 Å². The molecule has 1 saturated heterocycles. The molecule has 0 spiro atoms. The van der Waals surface area contributed by atoms with Crippen LogP contribution >= 0.6 is 0 Å². The number of likely N-dealkylation sites (tertiary alicyclic amines) is 1. The first-order chi connectivity index (χ1) is 8.74. The van der Waals surface area contributed by atoms with E-state index in [0.29, 0.717) is 6.04 Å². The van der Waals surface area contributed by atoms with Gasteiger partial charge in [0.1, 0.15) is 0 Å². The number of nitrogen functional groups attached to an aromatic ring is 1. The summed E-state index contributed by atoms with van der Waals surface area (Å²) in [5.74, 6) is 0. The molecule has 4 nitrogen and oxygen atoms in total. The van der Waals surface area contributed by atoms with E-state index < -0.39 is 0 Å². The summed E-state index contributed by atoms with van der Waals surface area (Å²) in [5, 5.41) is 0. The minimum absolute atomic E-state index is 0.699. The minimum Gasteiger partial charge on any atom is -0.397 e. The van der Waals surface area contributed by atoms with Crippen LogP contribution < -0.4 is 5.73 Å². The molecule has 4 heteroatoms. The lowest BCUT2D eigenvalue weighted by atomic mass is 10.2. The van der Waals surface area contributed by atoms with Gasteiger partial charge in [-0.2, -0.15) is 0 Å². The number of hydrogen-bond donors (Lipinski definition) is 1. The van der Waals surface area contributed by atoms with Crippen LogP contribution in [0.5, 0.6) is 0 Å². The molecule has 100 valence electrons. The zero-order valence-corrected chi connectivity index (χ0v) is 11.5. The Morgan fingerprint density at radius 1 is 1.44 bits per heavy atom. The smallest absolute Gasteiger partial charge is 0.0772 e. The highest BCUT2D eigenvalue weighted by molar-refractivity contribution is 5.41. The van der Waals surface area contributed by atoms with E-state index in [-0.39, 0.29) is 0 Å². The predicted octanol–water partition coefficient (Wildman–Crippen LogP) is 1.58. The molecule has 1 aliphatic rings. The Morgan fingerprint density at radius 3 is 2.89 bits per heavy atom. The molecule has 1 atom stereocenters. The van der Waals surface area contributed by atoms with Gasteiger partial charge in [-0.1, -0.05) is 13.8 Å². The molecule has 1 fully saturated rings. The van der Waals surface area contributed by atoms with Crippen molar-refractivity contribution in [1.29, 1.82) is 0 Å². The molecule has 0 amide bonds. The maximum atomic E-state index is 5.95. The summed E-state index contributed by atoms with van der Waals surface area (Å²) in [4.78, 5) is 9.38. The topological polar surface area (TPSA) is 45.4 Å². The first-order valence-electron chi connectivity index (χ1n) is 6.90. The van der Waals surface area contributed by atoms with Gasteiger partial charge in [-0.05, 0) is 31.6 Å². The molecule has 18 heavy (non-hydrogen) atoms. The molecule has 1 unspecified atom stereocenters. The number of aromatic nitrogens is 1. The van der Waals surface area contributed by atoms with E-state index in [1.54, 1.807) is 0 Å². The van der Waals surface area contributed by atoms with E-state index in [1.807, 2.05) is 18.3 Å². The molecule has 0 bridgehead atoms. The molecule has 2 rings (SSSR count). The molecule has 1 aliphatic heterocycles. The van der Waals surface area contributed by atoms with Crippen molar-refractivity contribution in [3.05, 3.63) is 24.0 Å². The molecule has 1 aromatic heterocycles. The Kier molecular flexibility index (Phi) is 4.55. The van der Waals surface area contributed by atoms with Crippen LogP contribution in [0.1, 0.15) is 26.0 Å². The van der Waals surface area contributed by atoms with Gasteiger partial charge in [0.05, 0.1) is 11.4 Å². The average molecular weight is 248 g/mol. The van der Waals surface area contributed by atoms with E-state index in [4.69, 9.17) is 5.73 Å². The lowest BCUT2D eigenvalue weighted by molar-refractivity contribution is 0.208. The lowest BCUT2D eigenvalue weighted by Crippen LogP contribution is -2.37. The SMILES string of the molecule is CCN(CC)C1CCN(Cc2ncccc2N)C1. The number of hydrogen-bond acceptors (Lipinski definition) is 4. The van der Waals surface area contributed by atoms with Crippen LogP contribution in [0.3, 0.4) is 0 Å². The van der Waals surface area contributed by atoms with Crippen LogP contribution in [0.15, 0.2) is 18.3 Å². The lowest BCUT2D eigenvalue weighted by Gasteiger charge is -2.26. The van der Waals surface area contributed by atoms with E-state index in [1.165, 1.54) is 6.42 Å². The zero-order valence-electron chi connectivity index (χ0n) is 11.5. The Labute approximate surface area is 110 Å². The largest absolute Gasteiger partial charge is 0.397 e. The van der Waals surface area contributed by atoms with Crippen LogP contribution in [-0.4, -0.2) is 47.0 Å². The number of likely N-dealkylation sites (N-methyl/N-ethyl adjacent to an activating group) is 1. The van der Waals surface area contributed by atoms with Gasteiger partial charge < -0.3 is 5.73 Å². The molecule has 0 aliphatic carbocycles. The normalized spacial score (nSPS) is 20.7. The average Bonchev–Trinajstić information content (AvgIpc) is 2.82. The maximum absolute atomic E-state index is 5.95. The zero-order chi connectivity index (χ0) is 13.0. The van der Waals surface area contributed by atoms with Crippen molar-refractivity contribution in [3.8, 4) is 0 Å². The third kappa shape index (κ3) is 3.00. The molecule has 0 aromatic carbocycles. The summed E-state index contributed by atoms with van der Waals surface area (Å²) in [5.41, 5.74) is 7.77. The van der Waals surface area contributed by atoms with Gasteiger partial charge in [0.15, 0.2) is 0 Å². The second kappa shape index (κ2) is 6.16. The van der Waals surface area contributed by atoms with Gasteiger partial charge in [0.25, 0.3) is 0 Å². The summed E-state index contributed by atoms with van der Waals surface area (Å²) in [6, 6.07) is 4.52. The van der Waals surface area contributed by atoms with Crippen molar-refractivity contribution in [1.82, 2.24) is 14.8 Å².